The molecule has 0 radical (unpaired) electrons. The zero-order valence-electron chi connectivity index (χ0n) is 17.5. The number of carbonyl (C=O) groups is 1. The molecule has 1 N–H and O–H groups in total. The Kier molecular flexibility index (Phi) is 5.07. The van der Waals surface area contributed by atoms with Gasteiger partial charge < -0.3 is 14.8 Å². The average Bonchev–Trinajstić information content (AvgIpc) is 3.04. The van der Waals surface area contributed by atoms with Gasteiger partial charge in [0.15, 0.2) is 11.5 Å². The number of benzene rings is 3. The van der Waals surface area contributed by atoms with Crippen LogP contribution < -0.4 is 20.3 Å². The number of rotatable bonds is 3. The molecule has 0 aliphatic carbocycles. The molecule has 0 unspecified atom stereocenters. The maximum atomic E-state index is 13.0. The monoisotopic (exact) mass is 427 g/mol. The second-order valence-electron chi connectivity index (χ2n) is 7.53. The summed E-state index contributed by atoms with van der Waals surface area (Å²) in [5.74, 6) is 1.62. The second kappa shape index (κ2) is 8.19. The normalized spacial score (nSPS) is 12.9. The van der Waals surface area contributed by atoms with Gasteiger partial charge in [-0.25, -0.2) is 4.98 Å². The van der Waals surface area contributed by atoms with Gasteiger partial charge in [0.05, 0.1) is 29.8 Å². The summed E-state index contributed by atoms with van der Waals surface area (Å²) in [4.78, 5) is 30.2. The maximum absolute atomic E-state index is 13.0. The van der Waals surface area contributed by atoms with Crippen molar-refractivity contribution in [2.45, 2.75) is 13.3 Å². The Balaban J connectivity index is 1.40. The minimum absolute atomic E-state index is 0.141. The van der Waals surface area contributed by atoms with Crippen LogP contribution in [0.4, 0.5) is 5.69 Å². The Labute approximate surface area is 184 Å². The van der Waals surface area contributed by atoms with E-state index >= 15 is 0 Å². The van der Waals surface area contributed by atoms with Gasteiger partial charge in [-0.05, 0) is 55.5 Å². The third-order valence-electron chi connectivity index (χ3n) is 5.34. The van der Waals surface area contributed by atoms with Gasteiger partial charge in [0.2, 0.25) is 0 Å². The van der Waals surface area contributed by atoms with Crippen molar-refractivity contribution in [1.82, 2.24) is 9.55 Å². The molecule has 1 aliphatic heterocycles. The molecule has 1 aliphatic rings. The first-order valence-electron chi connectivity index (χ1n) is 10.4. The van der Waals surface area contributed by atoms with Gasteiger partial charge in [0.25, 0.3) is 11.5 Å². The van der Waals surface area contributed by atoms with E-state index in [9.17, 15) is 9.59 Å². The molecule has 5 rings (SSSR count). The molecule has 1 amide bonds. The van der Waals surface area contributed by atoms with Crippen LogP contribution in [0.25, 0.3) is 16.6 Å². The van der Waals surface area contributed by atoms with E-state index < -0.39 is 0 Å². The van der Waals surface area contributed by atoms with Crippen molar-refractivity contribution in [1.29, 1.82) is 0 Å². The fourth-order valence-electron chi connectivity index (χ4n) is 3.75. The number of ether oxygens (including phenoxy) is 2. The van der Waals surface area contributed by atoms with Crippen LogP contribution >= 0.6 is 0 Å². The predicted octanol–water partition coefficient (Wildman–Crippen LogP) is 4.11. The second-order valence-corrected chi connectivity index (χ2v) is 7.53. The Morgan fingerprint density at radius 2 is 1.72 bits per heavy atom. The topological polar surface area (TPSA) is 82.5 Å². The van der Waals surface area contributed by atoms with Crippen LogP contribution in [0.5, 0.6) is 11.5 Å². The molecular formula is C25H21N3O4. The Morgan fingerprint density at radius 1 is 0.969 bits per heavy atom. The molecule has 4 aromatic rings. The SMILES string of the molecule is Cc1nc2ccccc2c(=O)n1-c1ccc(C(=O)Nc2ccc3c(c2)OCCCO3)cc1. The highest BCUT2D eigenvalue weighted by Crippen LogP contribution is 2.32. The van der Waals surface area contributed by atoms with E-state index in [1.54, 1.807) is 60.0 Å². The zero-order valence-corrected chi connectivity index (χ0v) is 17.5. The van der Waals surface area contributed by atoms with E-state index in [1.807, 2.05) is 18.2 Å². The van der Waals surface area contributed by atoms with Gasteiger partial charge in [0.1, 0.15) is 5.82 Å². The summed E-state index contributed by atoms with van der Waals surface area (Å²) >= 11 is 0. The Bertz CT molecular complexity index is 1380. The molecular weight excluding hydrogens is 406 g/mol. The third-order valence-corrected chi connectivity index (χ3v) is 5.34. The molecule has 3 aromatic carbocycles. The highest BCUT2D eigenvalue weighted by atomic mass is 16.5. The van der Waals surface area contributed by atoms with E-state index in [2.05, 4.69) is 10.3 Å². The van der Waals surface area contributed by atoms with E-state index in [4.69, 9.17) is 9.47 Å². The molecule has 0 fully saturated rings. The quantitative estimate of drug-likeness (QED) is 0.532. The molecule has 0 saturated heterocycles. The first-order valence-corrected chi connectivity index (χ1v) is 10.4. The summed E-state index contributed by atoms with van der Waals surface area (Å²) in [6, 6.07) is 19.5. The first kappa shape index (κ1) is 19.8. The lowest BCUT2D eigenvalue weighted by atomic mass is 10.1. The summed E-state index contributed by atoms with van der Waals surface area (Å²) < 4.78 is 12.9. The van der Waals surface area contributed by atoms with E-state index in [0.29, 0.717) is 58.4 Å². The van der Waals surface area contributed by atoms with Crippen LogP contribution in [0.1, 0.15) is 22.6 Å². The van der Waals surface area contributed by atoms with Crippen LogP contribution in [0.3, 0.4) is 0 Å². The van der Waals surface area contributed by atoms with Crippen LogP contribution in [0.15, 0.2) is 71.5 Å². The average molecular weight is 427 g/mol. The fourth-order valence-corrected chi connectivity index (χ4v) is 3.75. The van der Waals surface area contributed by atoms with Gasteiger partial charge in [-0.15, -0.1) is 0 Å². The van der Waals surface area contributed by atoms with E-state index in [1.165, 1.54) is 0 Å². The minimum atomic E-state index is -0.258. The van der Waals surface area contributed by atoms with Gasteiger partial charge in [-0.1, -0.05) is 12.1 Å². The molecule has 160 valence electrons. The van der Waals surface area contributed by atoms with Crippen molar-refractivity contribution in [2.75, 3.05) is 18.5 Å². The highest BCUT2D eigenvalue weighted by Gasteiger charge is 2.14. The number of hydrogen-bond acceptors (Lipinski definition) is 5. The first-order chi connectivity index (χ1) is 15.6. The lowest BCUT2D eigenvalue weighted by molar-refractivity contribution is 0.102. The number of carbonyl (C=O) groups excluding carboxylic acids is 1. The summed E-state index contributed by atoms with van der Waals surface area (Å²) in [7, 11) is 0. The Hall–Kier alpha value is -4.13. The number of aromatic nitrogens is 2. The number of amides is 1. The van der Waals surface area contributed by atoms with Crippen LogP contribution in [0, 0.1) is 6.92 Å². The predicted molar refractivity (Wildman–Crippen MR) is 122 cm³/mol. The van der Waals surface area contributed by atoms with Crippen molar-refractivity contribution in [3.63, 3.8) is 0 Å². The van der Waals surface area contributed by atoms with E-state index in [-0.39, 0.29) is 11.5 Å². The summed E-state index contributed by atoms with van der Waals surface area (Å²) in [6.07, 6.45) is 0.817. The van der Waals surface area contributed by atoms with Crippen LogP contribution in [0.2, 0.25) is 0 Å². The van der Waals surface area contributed by atoms with Gasteiger partial charge in [-0.2, -0.15) is 0 Å². The van der Waals surface area contributed by atoms with Gasteiger partial charge in [0, 0.05) is 23.7 Å². The van der Waals surface area contributed by atoms with Crippen molar-refractivity contribution in [3.05, 3.63) is 88.5 Å². The molecule has 7 nitrogen and oxygen atoms in total. The molecule has 0 bridgehead atoms. The van der Waals surface area contributed by atoms with Gasteiger partial charge in [-0.3, -0.25) is 14.2 Å². The Morgan fingerprint density at radius 3 is 2.53 bits per heavy atom. The van der Waals surface area contributed by atoms with Crippen molar-refractivity contribution in [3.8, 4) is 17.2 Å². The number of para-hydroxylation sites is 1. The smallest absolute Gasteiger partial charge is 0.265 e. The minimum Gasteiger partial charge on any atom is -0.490 e. The molecule has 0 atom stereocenters. The summed E-state index contributed by atoms with van der Waals surface area (Å²) in [5.41, 5.74) is 2.27. The van der Waals surface area contributed by atoms with E-state index in [0.717, 1.165) is 6.42 Å². The third kappa shape index (κ3) is 3.69. The number of aryl methyl sites for hydroxylation is 1. The number of nitrogens with zero attached hydrogens (tertiary/aromatic N) is 2. The number of hydrogen-bond donors (Lipinski definition) is 1. The molecule has 2 heterocycles. The number of fused-ring (bicyclic) bond motifs is 2. The van der Waals surface area contributed by atoms with Crippen LogP contribution in [-0.2, 0) is 0 Å². The molecule has 7 heteroatoms. The summed E-state index contributed by atoms with van der Waals surface area (Å²) in [5, 5.41) is 3.43. The maximum Gasteiger partial charge on any atom is 0.265 e. The highest BCUT2D eigenvalue weighted by molar-refractivity contribution is 6.04. The zero-order chi connectivity index (χ0) is 22.1. The van der Waals surface area contributed by atoms with Crippen molar-refractivity contribution < 1.29 is 14.3 Å². The molecule has 1 aromatic heterocycles. The largest absolute Gasteiger partial charge is 0.490 e. The number of anilines is 1. The molecule has 32 heavy (non-hydrogen) atoms. The molecule has 0 spiro atoms. The standard InChI is InChI=1S/C25H21N3O4/c1-16-26-21-6-3-2-5-20(21)25(30)28(16)19-10-7-17(8-11-19)24(29)27-18-9-12-22-23(15-18)32-14-4-13-31-22/h2-3,5-12,15H,4,13-14H2,1H3,(H,27,29). The van der Waals surface area contributed by atoms with Gasteiger partial charge >= 0.3 is 0 Å². The van der Waals surface area contributed by atoms with Crippen molar-refractivity contribution >= 4 is 22.5 Å². The fraction of sp³-hybridized carbons (Fsp3) is 0.160. The van der Waals surface area contributed by atoms with Crippen LogP contribution in [-0.4, -0.2) is 28.7 Å². The number of nitrogens with one attached hydrogen (secondary N) is 1. The molecule has 0 saturated carbocycles. The van der Waals surface area contributed by atoms with Crippen molar-refractivity contribution in [2.24, 2.45) is 0 Å². The lowest BCUT2D eigenvalue weighted by Gasteiger charge is -2.12. The summed E-state index contributed by atoms with van der Waals surface area (Å²) in [6.45, 7) is 2.98. The lowest BCUT2D eigenvalue weighted by Crippen LogP contribution is -2.22.